The normalized spacial score (nSPS) is 48.0. The molecule has 0 amide bonds. The molecule has 6 heteroatoms. The molecule has 132 valence electrons. The van der Waals surface area contributed by atoms with E-state index >= 15 is 0 Å². The first-order valence-electron chi connectivity index (χ1n) is 12.8. The molecule has 0 saturated heterocycles. The maximum atomic E-state index is 8.20. The third-order valence-corrected chi connectivity index (χ3v) is 8.75. The van der Waals surface area contributed by atoms with E-state index in [2.05, 4.69) is 20.5 Å². The Kier molecular flexibility index (Phi) is 2.31. The molecule has 24 heavy (non-hydrogen) atoms. The number of thioether (sulfide) groups is 2. The zero-order valence-corrected chi connectivity index (χ0v) is 15.3. The van der Waals surface area contributed by atoms with E-state index in [0.29, 0.717) is 25.7 Å². The molecule has 0 aromatic carbocycles. The smallest absolute Gasteiger partial charge is 0.129 e. The van der Waals surface area contributed by atoms with Crippen LogP contribution in [0.5, 0.6) is 0 Å². The number of hydrogen-bond acceptors (Lipinski definition) is 6. The van der Waals surface area contributed by atoms with Crippen LogP contribution in [0.15, 0.2) is 20.5 Å². The average molecular weight is 373 g/mol. The van der Waals surface area contributed by atoms with Gasteiger partial charge in [0.15, 0.2) is 0 Å². The molecule has 0 N–H and O–H groups in total. The van der Waals surface area contributed by atoms with Gasteiger partial charge in [-0.05, 0) is 51.4 Å². The van der Waals surface area contributed by atoms with Crippen LogP contribution in [0.4, 0.5) is 0 Å². The molecule has 3 saturated carbocycles. The molecule has 4 nitrogen and oxygen atoms in total. The SMILES string of the molecule is [2H]C1([2H])CC([2H])([2H])CC2(C1)N=NC1(CCC3(CC1)N=NC1(CC([2H])([2H])CC([2H])([2H])C1)S3)S2. The van der Waals surface area contributed by atoms with Crippen LogP contribution in [0.2, 0.25) is 0 Å². The van der Waals surface area contributed by atoms with E-state index in [4.69, 9.17) is 11.0 Å². The predicted molar refractivity (Wildman–Crippen MR) is 100 cm³/mol. The molecule has 0 atom stereocenters. The van der Waals surface area contributed by atoms with Crippen molar-refractivity contribution >= 4 is 23.5 Å². The van der Waals surface area contributed by atoms with E-state index in [1.165, 1.54) is 23.5 Å². The second-order valence-corrected chi connectivity index (χ2v) is 10.9. The Morgan fingerprint density at radius 2 is 0.792 bits per heavy atom. The summed E-state index contributed by atoms with van der Waals surface area (Å²) in [5, 5.41) is 18.1. The van der Waals surface area contributed by atoms with Crippen LogP contribution < -0.4 is 0 Å². The lowest BCUT2D eigenvalue weighted by Crippen LogP contribution is -2.38. The molecule has 0 bridgehead atoms. The first-order chi connectivity index (χ1) is 14.5. The summed E-state index contributed by atoms with van der Waals surface area (Å²) in [5.41, 5.74) is 0. The van der Waals surface area contributed by atoms with Crippen molar-refractivity contribution in [3.63, 3.8) is 0 Å². The second-order valence-electron chi connectivity index (χ2n) is 7.45. The predicted octanol–water partition coefficient (Wildman–Crippen LogP) is 6.67. The molecule has 0 radical (unpaired) electrons. The van der Waals surface area contributed by atoms with Crippen LogP contribution in [0.3, 0.4) is 0 Å². The monoisotopic (exact) mass is 372 g/mol. The molecule has 0 aromatic rings. The Hall–Kier alpha value is -0.100. The first-order valence-corrected chi connectivity index (χ1v) is 10.4. The Bertz CT molecular complexity index is 767. The fraction of sp³-hybridized carbons (Fsp3) is 1.00. The van der Waals surface area contributed by atoms with Crippen LogP contribution in [0.25, 0.3) is 0 Å². The number of azo groups is 2. The van der Waals surface area contributed by atoms with Gasteiger partial charge < -0.3 is 0 Å². The Balaban J connectivity index is 1.29. The van der Waals surface area contributed by atoms with Gasteiger partial charge in [-0.15, -0.1) is 0 Å². The fourth-order valence-corrected chi connectivity index (χ4v) is 7.46. The molecule has 4 spiro atoms. The van der Waals surface area contributed by atoms with Crippen molar-refractivity contribution in [2.24, 2.45) is 20.5 Å². The topological polar surface area (TPSA) is 49.4 Å². The van der Waals surface area contributed by atoms with Gasteiger partial charge in [-0.1, -0.05) is 61.9 Å². The molecule has 3 fully saturated rings. The van der Waals surface area contributed by atoms with Crippen molar-refractivity contribution in [1.29, 1.82) is 0 Å². The van der Waals surface area contributed by atoms with E-state index in [1.807, 2.05) is 0 Å². The lowest BCUT2D eigenvalue weighted by molar-refractivity contribution is 0.336. The summed E-state index contributed by atoms with van der Waals surface area (Å²) >= 11 is 3.03. The van der Waals surface area contributed by atoms with Crippen LogP contribution in [-0.4, -0.2) is 19.5 Å². The molecule has 5 aliphatic rings. The highest BCUT2D eigenvalue weighted by Gasteiger charge is 2.56. The third-order valence-electron chi connectivity index (χ3n) is 5.51. The average Bonchev–Trinajstić information content (AvgIpc) is 3.04. The molecule has 2 aliphatic heterocycles. The summed E-state index contributed by atoms with van der Waals surface area (Å²) < 4.78 is 65.6. The van der Waals surface area contributed by atoms with Crippen molar-refractivity contribution in [1.82, 2.24) is 0 Å². The minimum Gasteiger partial charge on any atom is -0.175 e. The summed E-state index contributed by atoms with van der Waals surface area (Å²) in [6.45, 7) is 0. The number of nitrogens with zero attached hydrogens (tertiary/aromatic N) is 4. The number of rotatable bonds is 0. The van der Waals surface area contributed by atoms with E-state index < -0.39 is 45.0 Å². The first kappa shape index (κ1) is 9.72. The standard InChI is InChI=1S/C18H28N4S2/c1-3-7-15(8-4-1)19-21-17(23-15)11-13-18(14-12-17)22-20-16(24-18)9-5-2-6-10-16/h1-14H2/i3D2,4D2,5D2,6D2. The minimum absolute atomic E-state index is 0.117. The Morgan fingerprint density at radius 1 is 0.500 bits per heavy atom. The lowest BCUT2D eigenvalue weighted by atomic mass is 9.91. The zero-order valence-electron chi connectivity index (χ0n) is 21.7. The zero-order chi connectivity index (χ0) is 23.3. The van der Waals surface area contributed by atoms with Crippen molar-refractivity contribution in [3.05, 3.63) is 0 Å². The van der Waals surface area contributed by atoms with Crippen molar-refractivity contribution in [2.75, 3.05) is 0 Å². The summed E-state index contributed by atoms with van der Waals surface area (Å²) in [4.78, 5) is -2.74. The van der Waals surface area contributed by atoms with Gasteiger partial charge in [0.05, 0.1) is 0 Å². The van der Waals surface area contributed by atoms with Gasteiger partial charge in [0.2, 0.25) is 0 Å². The van der Waals surface area contributed by atoms with Crippen LogP contribution in [-0.2, 0) is 0 Å². The molecule has 5 rings (SSSR count). The molecule has 3 aliphatic carbocycles. The maximum Gasteiger partial charge on any atom is 0.129 e. The lowest BCUT2D eigenvalue weighted by Gasteiger charge is -2.41. The summed E-state index contributed by atoms with van der Waals surface area (Å²) in [6, 6.07) is 0. The Labute approximate surface area is 164 Å². The Morgan fingerprint density at radius 3 is 1.12 bits per heavy atom. The molecule has 0 aromatic heterocycles. The molecular formula is C18H28N4S2. The van der Waals surface area contributed by atoms with Gasteiger partial charge in [-0.2, -0.15) is 20.5 Å². The van der Waals surface area contributed by atoms with Crippen molar-refractivity contribution in [2.45, 2.75) is 109 Å². The van der Waals surface area contributed by atoms with Crippen molar-refractivity contribution < 1.29 is 11.0 Å². The van der Waals surface area contributed by atoms with Gasteiger partial charge in [0.25, 0.3) is 0 Å². The highest BCUT2D eigenvalue weighted by Crippen LogP contribution is 2.63. The third kappa shape index (κ3) is 2.67. The van der Waals surface area contributed by atoms with E-state index in [1.54, 1.807) is 0 Å². The second kappa shape index (κ2) is 5.70. The summed E-state index contributed by atoms with van der Waals surface area (Å²) in [5.74, 6) is 0. The van der Waals surface area contributed by atoms with E-state index in [9.17, 15) is 0 Å². The minimum atomic E-state index is -1.61. The summed E-state index contributed by atoms with van der Waals surface area (Å²) in [7, 11) is 0. The van der Waals surface area contributed by atoms with Gasteiger partial charge in [0.1, 0.15) is 19.5 Å². The van der Waals surface area contributed by atoms with Gasteiger partial charge in [0, 0.05) is 11.0 Å². The largest absolute Gasteiger partial charge is 0.175 e. The maximum absolute atomic E-state index is 8.20. The highest BCUT2D eigenvalue weighted by molar-refractivity contribution is 8.02. The van der Waals surface area contributed by atoms with E-state index in [-0.39, 0.29) is 38.5 Å². The van der Waals surface area contributed by atoms with Crippen molar-refractivity contribution in [3.8, 4) is 0 Å². The summed E-state index contributed by atoms with van der Waals surface area (Å²) in [6.07, 6.45) is -3.36. The molecule has 0 unspecified atom stereocenters. The highest BCUT2D eigenvalue weighted by atomic mass is 32.2. The van der Waals surface area contributed by atoms with Crippen LogP contribution >= 0.6 is 23.5 Å². The fourth-order valence-electron chi connectivity index (χ4n) is 4.21. The number of hydrogen-bond donors (Lipinski definition) is 0. The van der Waals surface area contributed by atoms with Gasteiger partial charge >= 0.3 is 0 Å². The molecular weight excluding hydrogens is 336 g/mol. The van der Waals surface area contributed by atoms with Crippen LogP contribution in [0, 0.1) is 0 Å². The van der Waals surface area contributed by atoms with Crippen LogP contribution in [0.1, 0.15) is 101 Å². The van der Waals surface area contributed by atoms with Gasteiger partial charge in [-0.25, -0.2) is 0 Å². The van der Waals surface area contributed by atoms with Gasteiger partial charge in [-0.3, -0.25) is 0 Å². The van der Waals surface area contributed by atoms with E-state index in [0.717, 1.165) is 0 Å². The quantitative estimate of drug-likeness (QED) is 0.476. The molecule has 2 heterocycles.